The van der Waals surface area contributed by atoms with Crippen LogP contribution in [0.2, 0.25) is 0 Å². The van der Waals surface area contributed by atoms with Gasteiger partial charge in [-0.2, -0.15) is 0 Å². The molecule has 0 aliphatic rings. The molecule has 0 aromatic heterocycles. The molecule has 1 rings (SSSR count). The normalized spacial score (nSPS) is 9.67. The van der Waals surface area contributed by atoms with Gasteiger partial charge >= 0.3 is 0 Å². The average molecular weight is 222 g/mol. The third-order valence-corrected chi connectivity index (χ3v) is 2.11. The van der Waals surface area contributed by atoms with Crippen LogP contribution in [-0.2, 0) is 6.42 Å². The Morgan fingerprint density at radius 2 is 2.13 bits per heavy atom. The zero-order valence-electron chi connectivity index (χ0n) is 8.62. The molecule has 0 atom stereocenters. The number of nitrogens with two attached hydrogens (primary N) is 1. The van der Waals surface area contributed by atoms with Gasteiger partial charge in [0, 0.05) is 18.5 Å². The minimum atomic E-state index is -0.0793. The first kappa shape index (κ1) is 11.7. The van der Waals surface area contributed by atoms with Crippen LogP contribution in [0.4, 0.5) is 0 Å². The summed E-state index contributed by atoms with van der Waals surface area (Å²) in [4.78, 5) is 12.0. The van der Waals surface area contributed by atoms with Crippen molar-refractivity contribution >= 4 is 23.1 Å². The van der Waals surface area contributed by atoms with E-state index in [1.807, 2.05) is 25.1 Å². The van der Waals surface area contributed by atoms with Crippen molar-refractivity contribution in [1.82, 2.24) is 5.32 Å². The van der Waals surface area contributed by atoms with E-state index in [1.54, 1.807) is 6.07 Å². The molecule has 0 spiro atoms. The molecule has 3 nitrogen and oxygen atoms in total. The molecule has 1 aromatic carbocycles. The molecule has 15 heavy (non-hydrogen) atoms. The monoisotopic (exact) mass is 222 g/mol. The van der Waals surface area contributed by atoms with Crippen LogP contribution in [0, 0.1) is 0 Å². The lowest BCUT2D eigenvalue weighted by Gasteiger charge is -2.08. The lowest BCUT2D eigenvalue weighted by atomic mass is 10.0. The van der Waals surface area contributed by atoms with Crippen LogP contribution in [0.1, 0.15) is 22.8 Å². The Bertz CT molecular complexity index is 377. The van der Waals surface area contributed by atoms with Crippen molar-refractivity contribution in [3.05, 3.63) is 35.4 Å². The van der Waals surface area contributed by atoms with E-state index in [-0.39, 0.29) is 5.91 Å². The van der Waals surface area contributed by atoms with E-state index in [2.05, 4.69) is 5.32 Å². The quantitative estimate of drug-likeness (QED) is 0.754. The van der Waals surface area contributed by atoms with Crippen LogP contribution < -0.4 is 11.1 Å². The van der Waals surface area contributed by atoms with Gasteiger partial charge in [0.2, 0.25) is 0 Å². The van der Waals surface area contributed by atoms with Crippen molar-refractivity contribution in [2.75, 3.05) is 6.54 Å². The van der Waals surface area contributed by atoms with Crippen molar-refractivity contribution in [2.24, 2.45) is 5.73 Å². The largest absolute Gasteiger partial charge is 0.393 e. The molecular formula is C11H14N2OS. The average Bonchev–Trinajstić information content (AvgIpc) is 2.18. The van der Waals surface area contributed by atoms with Gasteiger partial charge in [0.05, 0.1) is 4.99 Å². The Balaban J connectivity index is 2.95. The van der Waals surface area contributed by atoms with Gasteiger partial charge in [-0.1, -0.05) is 30.4 Å². The van der Waals surface area contributed by atoms with Crippen molar-refractivity contribution in [3.8, 4) is 0 Å². The number of carbonyl (C=O) groups excluding carboxylic acids is 1. The van der Waals surface area contributed by atoms with E-state index in [0.717, 1.165) is 5.56 Å². The summed E-state index contributed by atoms with van der Waals surface area (Å²) in [5, 5.41) is 2.75. The molecule has 0 aliphatic carbocycles. The lowest BCUT2D eigenvalue weighted by molar-refractivity contribution is 0.0955. The molecule has 0 unspecified atom stereocenters. The highest BCUT2D eigenvalue weighted by Crippen LogP contribution is 2.09. The van der Waals surface area contributed by atoms with Gasteiger partial charge in [-0.25, -0.2) is 0 Å². The van der Waals surface area contributed by atoms with E-state index in [4.69, 9.17) is 18.0 Å². The molecule has 0 aliphatic heterocycles. The number of benzene rings is 1. The number of carbonyl (C=O) groups is 1. The van der Waals surface area contributed by atoms with E-state index < -0.39 is 0 Å². The van der Waals surface area contributed by atoms with Crippen LogP contribution in [-0.4, -0.2) is 17.4 Å². The molecule has 0 bridgehead atoms. The van der Waals surface area contributed by atoms with Crippen LogP contribution in [0.3, 0.4) is 0 Å². The number of nitrogens with one attached hydrogen (secondary N) is 1. The molecule has 1 aromatic rings. The molecule has 1 amide bonds. The lowest BCUT2D eigenvalue weighted by Crippen LogP contribution is -2.25. The molecular weight excluding hydrogens is 208 g/mol. The fraction of sp³-hybridized carbons (Fsp3) is 0.273. The van der Waals surface area contributed by atoms with E-state index >= 15 is 0 Å². The number of hydrogen-bond donors (Lipinski definition) is 2. The minimum absolute atomic E-state index is 0.0793. The number of amides is 1. The maximum absolute atomic E-state index is 11.7. The third kappa shape index (κ3) is 3.32. The highest BCUT2D eigenvalue weighted by molar-refractivity contribution is 7.80. The molecule has 0 heterocycles. The summed E-state index contributed by atoms with van der Waals surface area (Å²) in [5.41, 5.74) is 6.98. The highest BCUT2D eigenvalue weighted by Gasteiger charge is 2.09. The summed E-state index contributed by atoms with van der Waals surface area (Å²) in [6, 6.07) is 7.34. The first-order chi connectivity index (χ1) is 7.15. The van der Waals surface area contributed by atoms with Gasteiger partial charge in [0.1, 0.15) is 0 Å². The first-order valence-corrected chi connectivity index (χ1v) is 5.20. The topological polar surface area (TPSA) is 55.1 Å². The Labute approximate surface area is 94.7 Å². The van der Waals surface area contributed by atoms with E-state index in [0.29, 0.717) is 23.5 Å². The predicted octanol–water partition coefficient (Wildman–Crippen LogP) is 1.26. The second-order valence-electron chi connectivity index (χ2n) is 3.16. The SMILES string of the molecule is CCNC(=O)c1ccccc1CC(N)=S. The van der Waals surface area contributed by atoms with Crippen molar-refractivity contribution < 1.29 is 4.79 Å². The fourth-order valence-corrected chi connectivity index (χ4v) is 1.49. The molecule has 0 saturated carbocycles. The summed E-state index contributed by atoms with van der Waals surface area (Å²) < 4.78 is 0. The zero-order chi connectivity index (χ0) is 11.3. The number of thiocarbonyl (C=S) groups is 1. The summed E-state index contributed by atoms with van der Waals surface area (Å²) in [5.74, 6) is -0.0793. The van der Waals surface area contributed by atoms with Crippen molar-refractivity contribution in [1.29, 1.82) is 0 Å². The predicted molar refractivity (Wildman–Crippen MR) is 64.9 cm³/mol. The molecule has 3 N–H and O–H groups in total. The van der Waals surface area contributed by atoms with Crippen molar-refractivity contribution in [2.45, 2.75) is 13.3 Å². The fourth-order valence-electron chi connectivity index (χ4n) is 1.34. The van der Waals surface area contributed by atoms with Gasteiger partial charge in [-0.3, -0.25) is 4.79 Å². The van der Waals surface area contributed by atoms with Crippen LogP contribution in [0.5, 0.6) is 0 Å². The maximum Gasteiger partial charge on any atom is 0.251 e. The molecule has 80 valence electrons. The van der Waals surface area contributed by atoms with E-state index in [1.165, 1.54) is 0 Å². The Morgan fingerprint density at radius 1 is 1.47 bits per heavy atom. The molecule has 0 saturated heterocycles. The summed E-state index contributed by atoms with van der Waals surface area (Å²) in [6.07, 6.45) is 0.461. The van der Waals surface area contributed by atoms with Crippen LogP contribution in [0.25, 0.3) is 0 Å². The minimum Gasteiger partial charge on any atom is -0.393 e. The maximum atomic E-state index is 11.7. The number of hydrogen-bond acceptors (Lipinski definition) is 2. The third-order valence-electron chi connectivity index (χ3n) is 1.96. The Morgan fingerprint density at radius 3 is 2.73 bits per heavy atom. The number of rotatable bonds is 4. The van der Waals surface area contributed by atoms with Gasteiger partial charge < -0.3 is 11.1 Å². The van der Waals surface area contributed by atoms with Crippen molar-refractivity contribution in [3.63, 3.8) is 0 Å². The molecule has 0 radical (unpaired) electrons. The molecule has 4 heteroatoms. The van der Waals surface area contributed by atoms with Gasteiger partial charge in [0.15, 0.2) is 0 Å². The summed E-state index contributed by atoms with van der Waals surface area (Å²) in [7, 11) is 0. The van der Waals surface area contributed by atoms with Crippen LogP contribution >= 0.6 is 12.2 Å². The smallest absolute Gasteiger partial charge is 0.251 e. The molecule has 0 fully saturated rings. The van der Waals surface area contributed by atoms with Gasteiger partial charge in [-0.15, -0.1) is 0 Å². The second kappa shape index (κ2) is 5.46. The highest BCUT2D eigenvalue weighted by atomic mass is 32.1. The second-order valence-corrected chi connectivity index (χ2v) is 3.68. The summed E-state index contributed by atoms with van der Waals surface area (Å²) >= 11 is 4.83. The van der Waals surface area contributed by atoms with Gasteiger partial charge in [0.25, 0.3) is 5.91 Å². The zero-order valence-corrected chi connectivity index (χ0v) is 9.43. The summed E-state index contributed by atoms with van der Waals surface area (Å²) in [6.45, 7) is 2.49. The van der Waals surface area contributed by atoms with Crippen LogP contribution in [0.15, 0.2) is 24.3 Å². The Kier molecular flexibility index (Phi) is 4.24. The van der Waals surface area contributed by atoms with E-state index in [9.17, 15) is 4.79 Å². The van der Waals surface area contributed by atoms with Gasteiger partial charge in [-0.05, 0) is 18.6 Å². The standard InChI is InChI=1S/C11H14N2OS/c1-2-13-11(14)9-6-4-3-5-8(9)7-10(12)15/h3-6H,2,7H2,1H3,(H2,12,15)(H,13,14). The Hall–Kier alpha value is -1.42. The first-order valence-electron chi connectivity index (χ1n) is 4.79.